The van der Waals surface area contributed by atoms with E-state index in [1.54, 1.807) is 19.2 Å². The van der Waals surface area contributed by atoms with E-state index >= 15 is 0 Å². The van der Waals surface area contributed by atoms with E-state index in [0.29, 0.717) is 5.69 Å². The van der Waals surface area contributed by atoms with Gasteiger partial charge in [0.25, 0.3) is 0 Å². The minimum Gasteiger partial charge on any atom is -0.497 e. The Morgan fingerprint density at radius 2 is 1.64 bits per heavy atom. The van der Waals surface area contributed by atoms with Gasteiger partial charge in [-0.2, -0.15) is 0 Å². The highest BCUT2D eigenvalue weighted by molar-refractivity contribution is 5.98. The van der Waals surface area contributed by atoms with Crippen LogP contribution in [0.4, 0.5) is 5.69 Å². The fraction of sp³-hybridized carbons (Fsp3) is 0.158. The summed E-state index contributed by atoms with van der Waals surface area (Å²) in [4.78, 5) is 23.1. The van der Waals surface area contributed by atoms with Crippen molar-refractivity contribution in [2.24, 2.45) is 0 Å². The molecule has 6 nitrogen and oxygen atoms in total. The second-order valence-corrected chi connectivity index (χ2v) is 5.01. The van der Waals surface area contributed by atoms with Gasteiger partial charge in [-0.05, 0) is 35.4 Å². The molecule has 0 aliphatic carbocycles. The molecular formula is C19H19NO5. The molecule has 0 aromatic heterocycles. The average molecular weight is 341 g/mol. The summed E-state index contributed by atoms with van der Waals surface area (Å²) in [6.07, 6.45) is 1.04. The standard InChI is InChI=1S/C19H19NO5/c1-23-16-6-4-5-14(11-16)13-7-9-15(10-8-13)20-17(19(22)25-3)12-18(21)24-2/h4-12,20H,1-3H3/b17-12+. The van der Waals surface area contributed by atoms with Crippen molar-refractivity contribution in [2.45, 2.75) is 0 Å². The molecule has 2 rings (SSSR count). The van der Waals surface area contributed by atoms with Gasteiger partial charge < -0.3 is 19.5 Å². The smallest absolute Gasteiger partial charge is 0.354 e. The van der Waals surface area contributed by atoms with Crippen molar-refractivity contribution in [1.29, 1.82) is 0 Å². The molecule has 0 bridgehead atoms. The topological polar surface area (TPSA) is 73.9 Å². The summed E-state index contributed by atoms with van der Waals surface area (Å²) < 4.78 is 14.4. The van der Waals surface area contributed by atoms with E-state index in [1.165, 1.54) is 14.2 Å². The average Bonchev–Trinajstić information content (AvgIpc) is 2.67. The first-order valence-electron chi connectivity index (χ1n) is 7.47. The van der Waals surface area contributed by atoms with Crippen molar-refractivity contribution < 1.29 is 23.8 Å². The van der Waals surface area contributed by atoms with Gasteiger partial charge in [0.2, 0.25) is 0 Å². The summed E-state index contributed by atoms with van der Waals surface area (Å²) >= 11 is 0. The molecule has 0 spiro atoms. The number of hydrogen-bond acceptors (Lipinski definition) is 6. The molecular weight excluding hydrogens is 322 g/mol. The number of hydrogen-bond donors (Lipinski definition) is 1. The van der Waals surface area contributed by atoms with Crippen molar-refractivity contribution in [3.8, 4) is 16.9 Å². The summed E-state index contributed by atoms with van der Waals surface area (Å²) in [7, 11) is 4.09. The lowest BCUT2D eigenvalue weighted by atomic mass is 10.1. The number of anilines is 1. The molecule has 130 valence electrons. The maximum atomic E-state index is 11.8. The SMILES string of the molecule is COC(=O)/C=C(/Nc1ccc(-c2cccc(OC)c2)cc1)C(=O)OC. The fourth-order valence-corrected chi connectivity index (χ4v) is 2.14. The van der Waals surface area contributed by atoms with E-state index in [-0.39, 0.29) is 5.70 Å². The van der Waals surface area contributed by atoms with Gasteiger partial charge in [0, 0.05) is 5.69 Å². The van der Waals surface area contributed by atoms with Gasteiger partial charge in [-0.25, -0.2) is 9.59 Å². The lowest BCUT2D eigenvalue weighted by molar-refractivity contribution is -0.138. The molecule has 1 N–H and O–H groups in total. The molecule has 2 aromatic carbocycles. The number of nitrogens with one attached hydrogen (secondary N) is 1. The maximum absolute atomic E-state index is 11.8. The van der Waals surface area contributed by atoms with Crippen LogP contribution in [0.15, 0.2) is 60.3 Å². The van der Waals surface area contributed by atoms with Crippen LogP contribution in [0.3, 0.4) is 0 Å². The van der Waals surface area contributed by atoms with Gasteiger partial charge in [0.05, 0.1) is 27.4 Å². The monoisotopic (exact) mass is 341 g/mol. The predicted octanol–water partition coefficient (Wildman–Crippen LogP) is 3.00. The Kier molecular flexibility index (Phi) is 6.17. The Bertz CT molecular complexity index is 781. The summed E-state index contributed by atoms with van der Waals surface area (Å²) in [5, 5.41) is 2.86. The quantitative estimate of drug-likeness (QED) is 0.643. The predicted molar refractivity (Wildman–Crippen MR) is 94.2 cm³/mol. The van der Waals surface area contributed by atoms with Crippen LogP contribution in [-0.4, -0.2) is 33.3 Å². The van der Waals surface area contributed by atoms with Crippen LogP contribution in [0, 0.1) is 0 Å². The molecule has 0 radical (unpaired) electrons. The van der Waals surface area contributed by atoms with Crippen LogP contribution in [-0.2, 0) is 19.1 Å². The largest absolute Gasteiger partial charge is 0.497 e. The molecule has 6 heteroatoms. The van der Waals surface area contributed by atoms with E-state index in [1.807, 2.05) is 36.4 Å². The highest BCUT2D eigenvalue weighted by atomic mass is 16.5. The zero-order valence-corrected chi connectivity index (χ0v) is 14.2. The number of esters is 2. The highest BCUT2D eigenvalue weighted by Crippen LogP contribution is 2.25. The summed E-state index contributed by atoms with van der Waals surface area (Å²) in [6.45, 7) is 0. The lowest BCUT2D eigenvalue weighted by Crippen LogP contribution is -2.15. The highest BCUT2D eigenvalue weighted by Gasteiger charge is 2.12. The molecule has 0 saturated heterocycles. The molecule has 0 amide bonds. The van der Waals surface area contributed by atoms with E-state index in [9.17, 15) is 9.59 Å². The third kappa shape index (κ3) is 4.84. The third-order valence-electron chi connectivity index (χ3n) is 3.44. The molecule has 0 atom stereocenters. The first-order valence-corrected chi connectivity index (χ1v) is 7.47. The Balaban J connectivity index is 2.21. The van der Waals surface area contributed by atoms with Crippen molar-refractivity contribution in [3.63, 3.8) is 0 Å². The number of ether oxygens (including phenoxy) is 3. The Morgan fingerprint density at radius 3 is 2.24 bits per heavy atom. The first-order chi connectivity index (χ1) is 12.1. The van der Waals surface area contributed by atoms with Crippen LogP contribution in [0.5, 0.6) is 5.75 Å². The van der Waals surface area contributed by atoms with Crippen molar-refractivity contribution >= 4 is 17.6 Å². The molecule has 0 heterocycles. The van der Waals surface area contributed by atoms with Gasteiger partial charge in [-0.15, -0.1) is 0 Å². The summed E-state index contributed by atoms with van der Waals surface area (Å²) in [6, 6.07) is 15.1. The van der Waals surface area contributed by atoms with Crippen LogP contribution in [0.1, 0.15) is 0 Å². The number of carbonyl (C=O) groups excluding carboxylic acids is 2. The van der Waals surface area contributed by atoms with Crippen LogP contribution in [0.2, 0.25) is 0 Å². The van der Waals surface area contributed by atoms with E-state index in [0.717, 1.165) is 23.0 Å². The molecule has 0 saturated carbocycles. The molecule has 0 fully saturated rings. The molecule has 0 aliphatic rings. The molecule has 25 heavy (non-hydrogen) atoms. The maximum Gasteiger partial charge on any atom is 0.354 e. The lowest BCUT2D eigenvalue weighted by Gasteiger charge is -2.10. The summed E-state index contributed by atoms with van der Waals surface area (Å²) in [5.74, 6) is -0.545. The van der Waals surface area contributed by atoms with Gasteiger partial charge in [-0.1, -0.05) is 24.3 Å². The molecule has 2 aromatic rings. The summed E-state index contributed by atoms with van der Waals surface area (Å²) in [5.41, 5.74) is 2.61. The van der Waals surface area contributed by atoms with Crippen LogP contribution >= 0.6 is 0 Å². The van der Waals surface area contributed by atoms with Crippen LogP contribution < -0.4 is 10.1 Å². The minimum atomic E-state index is -0.665. The zero-order chi connectivity index (χ0) is 18.2. The van der Waals surface area contributed by atoms with Gasteiger partial charge in [0.15, 0.2) is 0 Å². The molecule has 0 aliphatic heterocycles. The van der Waals surface area contributed by atoms with E-state index in [2.05, 4.69) is 14.8 Å². The first kappa shape index (κ1) is 18.1. The normalized spacial score (nSPS) is 10.8. The Hall–Kier alpha value is -3.28. The number of carbonyl (C=O) groups is 2. The zero-order valence-electron chi connectivity index (χ0n) is 14.2. The van der Waals surface area contributed by atoms with Crippen molar-refractivity contribution in [2.75, 3.05) is 26.6 Å². The fourth-order valence-electron chi connectivity index (χ4n) is 2.14. The number of methoxy groups -OCH3 is 3. The van der Waals surface area contributed by atoms with E-state index in [4.69, 9.17) is 4.74 Å². The minimum absolute atomic E-state index is 0.0107. The number of rotatable bonds is 6. The van der Waals surface area contributed by atoms with Gasteiger partial charge >= 0.3 is 11.9 Å². The second kappa shape index (κ2) is 8.54. The second-order valence-electron chi connectivity index (χ2n) is 5.01. The van der Waals surface area contributed by atoms with Gasteiger partial charge in [-0.3, -0.25) is 0 Å². The number of benzene rings is 2. The Morgan fingerprint density at radius 1 is 0.920 bits per heavy atom. The van der Waals surface area contributed by atoms with Crippen LogP contribution in [0.25, 0.3) is 11.1 Å². The Labute approximate surface area is 146 Å². The van der Waals surface area contributed by atoms with Crippen molar-refractivity contribution in [3.05, 3.63) is 60.3 Å². The third-order valence-corrected chi connectivity index (χ3v) is 3.44. The molecule has 0 unspecified atom stereocenters. The van der Waals surface area contributed by atoms with E-state index < -0.39 is 11.9 Å². The van der Waals surface area contributed by atoms with Gasteiger partial charge in [0.1, 0.15) is 11.4 Å². The van der Waals surface area contributed by atoms with Crippen molar-refractivity contribution in [1.82, 2.24) is 0 Å².